The van der Waals surface area contributed by atoms with E-state index < -0.39 is 0 Å². The Morgan fingerprint density at radius 3 is 2.97 bits per heavy atom. The van der Waals surface area contributed by atoms with Crippen molar-refractivity contribution >= 4 is 22.5 Å². The number of carbonyl (C=O) groups excluding carboxylic acids is 1. The van der Waals surface area contributed by atoms with Crippen LogP contribution in [0.2, 0.25) is 0 Å². The van der Waals surface area contributed by atoms with E-state index in [1.807, 2.05) is 42.2 Å². The number of imidazole rings is 1. The van der Waals surface area contributed by atoms with Gasteiger partial charge < -0.3 is 19.6 Å². The predicted molar refractivity (Wildman–Crippen MR) is 123 cm³/mol. The molecule has 0 unspecified atom stereocenters. The molecule has 1 atom stereocenters. The second kappa shape index (κ2) is 8.30. The quantitative estimate of drug-likeness (QED) is 0.489. The molecule has 6 heteroatoms. The van der Waals surface area contributed by atoms with E-state index in [0.717, 1.165) is 36.8 Å². The molecule has 0 radical (unpaired) electrons. The normalized spacial score (nSPS) is 16.4. The number of pyridine rings is 1. The van der Waals surface area contributed by atoms with Crippen LogP contribution in [0.3, 0.4) is 0 Å². The first kappa shape index (κ1) is 19.4. The summed E-state index contributed by atoms with van der Waals surface area (Å²) in [6.07, 6.45) is 9.50. The zero-order chi connectivity index (χ0) is 21.2. The third-order valence-corrected chi connectivity index (χ3v) is 6.01. The fraction of sp³-hybridized carbons (Fsp3) is 0.280. The molecule has 0 aliphatic heterocycles. The van der Waals surface area contributed by atoms with Crippen molar-refractivity contribution in [1.82, 2.24) is 24.6 Å². The van der Waals surface area contributed by atoms with Crippen LogP contribution >= 0.6 is 0 Å². The Kier molecular flexibility index (Phi) is 5.20. The summed E-state index contributed by atoms with van der Waals surface area (Å²) in [4.78, 5) is 22.8. The summed E-state index contributed by atoms with van der Waals surface area (Å²) in [7, 11) is 0. The van der Waals surface area contributed by atoms with E-state index in [4.69, 9.17) is 0 Å². The lowest BCUT2D eigenvalue weighted by molar-refractivity contribution is 0.0700. The minimum absolute atomic E-state index is 0.0418. The van der Waals surface area contributed by atoms with Crippen LogP contribution in [0.4, 0.5) is 0 Å². The smallest absolute Gasteiger partial charge is 0.290 e. The molecule has 158 valence electrons. The van der Waals surface area contributed by atoms with Crippen LogP contribution < -0.4 is 5.32 Å². The molecular formula is C25H27N5O. The molecular weight excluding hydrogens is 386 g/mol. The van der Waals surface area contributed by atoms with E-state index in [1.54, 1.807) is 0 Å². The van der Waals surface area contributed by atoms with Crippen molar-refractivity contribution in [3.63, 3.8) is 0 Å². The topological polar surface area (TPSA) is 65.4 Å². The second-order valence-electron chi connectivity index (χ2n) is 8.08. The summed E-state index contributed by atoms with van der Waals surface area (Å²) in [5.41, 5.74) is 5.37. The van der Waals surface area contributed by atoms with Crippen LogP contribution in [0.25, 0.3) is 16.6 Å². The van der Waals surface area contributed by atoms with Crippen molar-refractivity contribution in [2.45, 2.75) is 38.8 Å². The molecule has 0 saturated carbocycles. The van der Waals surface area contributed by atoms with Gasteiger partial charge in [0.15, 0.2) is 5.82 Å². The zero-order valence-corrected chi connectivity index (χ0v) is 17.7. The first-order chi connectivity index (χ1) is 15.2. The van der Waals surface area contributed by atoms with Gasteiger partial charge in [0.2, 0.25) is 0 Å². The third kappa shape index (κ3) is 3.93. The van der Waals surface area contributed by atoms with Gasteiger partial charge in [-0.1, -0.05) is 18.2 Å². The van der Waals surface area contributed by atoms with E-state index in [-0.39, 0.29) is 11.9 Å². The summed E-state index contributed by atoms with van der Waals surface area (Å²) >= 11 is 0. The largest absolute Gasteiger partial charge is 0.384 e. The number of nitrogens with zero attached hydrogens (tertiary/aromatic N) is 3. The summed E-state index contributed by atoms with van der Waals surface area (Å²) in [6, 6.07) is 16.2. The molecule has 2 N–H and O–H groups in total. The Bertz CT molecular complexity index is 1190. The second-order valence-corrected chi connectivity index (χ2v) is 8.08. The highest BCUT2D eigenvalue weighted by Crippen LogP contribution is 2.23. The maximum atomic E-state index is 13.2. The molecule has 1 aliphatic rings. The Morgan fingerprint density at radius 1 is 1.26 bits per heavy atom. The first-order valence-corrected chi connectivity index (χ1v) is 11.0. The van der Waals surface area contributed by atoms with E-state index in [1.165, 1.54) is 16.8 Å². The van der Waals surface area contributed by atoms with E-state index in [2.05, 4.69) is 56.4 Å². The molecule has 1 aliphatic carbocycles. The highest BCUT2D eigenvalue weighted by atomic mass is 16.2. The molecule has 0 saturated heterocycles. The Labute approximate surface area is 181 Å². The summed E-state index contributed by atoms with van der Waals surface area (Å²) in [5, 5.41) is 3.59. The van der Waals surface area contributed by atoms with Crippen LogP contribution in [0.5, 0.6) is 0 Å². The number of H-pyrrole nitrogens is 1. The van der Waals surface area contributed by atoms with E-state index in [0.29, 0.717) is 12.4 Å². The number of hydrogen-bond donors (Lipinski definition) is 2. The highest BCUT2D eigenvalue weighted by molar-refractivity contribution is 5.94. The molecule has 0 fully saturated rings. The molecule has 1 amide bonds. The van der Waals surface area contributed by atoms with Gasteiger partial charge in [-0.3, -0.25) is 4.79 Å². The fourth-order valence-corrected chi connectivity index (χ4v) is 4.44. The monoisotopic (exact) mass is 413 g/mol. The minimum Gasteiger partial charge on any atom is -0.384 e. The van der Waals surface area contributed by atoms with Crippen LogP contribution in [0.15, 0.2) is 72.7 Å². The fourth-order valence-electron chi connectivity index (χ4n) is 4.44. The van der Waals surface area contributed by atoms with Gasteiger partial charge in [-0.05, 0) is 68.2 Å². The Hall–Kier alpha value is -3.54. The van der Waals surface area contributed by atoms with Gasteiger partial charge >= 0.3 is 0 Å². The lowest BCUT2D eigenvalue weighted by Gasteiger charge is -2.32. The number of fused-ring (bicyclic) bond motifs is 2. The summed E-state index contributed by atoms with van der Waals surface area (Å²) in [6.45, 7) is 3.46. The van der Waals surface area contributed by atoms with Crippen LogP contribution in [-0.4, -0.2) is 37.8 Å². The van der Waals surface area contributed by atoms with Gasteiger partial charge in [-0.25, -0.2) is 4.98 Å². The number of amides is 1. The van der Waals surface area contributed by atoms with Crippen LogP contribution in [0.1, 0.15) is 42.4 Å². The maximum absolute atomic E-state index is 13.2. The molecule has 0 bridgehead atoms. The lowest BCUT2D eigenvalue weighted by atomic mass is 9.98. The number of likely N-dealkylation sites (N-methyl/N-ethyl adjacent to an activating group) is 1. The van der Waals surface area contributed by atoms with Gasteiger partial charge in [0.25, 0.3) is 5.91 Å². The molecule has 0 spiro atoms. The van der Waals surface area contributed by atoms with Crippen LogP contribution in [0, 0.1) is 0 Å². The van der Waals surface area contributed by atoms with Crippen molar-refractivity contribution in [2.75, 3.05) is 6.54 Å². The Balaban J connectivity index is 1.30. The van der Waals surface area contributed by atoms with Gasteiger partial charge in [0.05, 0.1) is 17.1 Å². The first-order valence-electron chi connectivity index (χ1n) is 11.0. The highest BCUT2D eigenvalue weighted by Gasteiger charge is 2.26. The van der Waals surface area contributed by atoms with Gasteiger partial charge in [0, 0.05) is 36.7 Å². The molecule has 3 aromatic heterocycles. The van der Waals surface area contributed by atoms with E-state index >= 15 is 0 Å². The molecule has 31 heavy (non-hydrogen) atoms. The summed E-state index contributed by atoms with van der Waals surface area (Å²) < 4.78 is 2.14. The summed E-state index contributed by atoms with van der Waals surface area (Å²) in [5.74, 6) is 0.372. The third-order valence-electron chi connectivity index (χ3n) is 6.01. The van der Waals surface area contributed by atoms with Gasteiger partial charge in [-0.15, -0.1) is 0 Å². The molecule has 4 aromatic rings. The molecule has 5 rings (SSSR count). The van der Waals surface area contributed by atoms with Crippen molar-refractivity contribution in [3.8, 4) is 0 Å². The zero-order valence-electron chi connectivity index (χ0n) is 17.7. The SMILES string of the molecule is CCN(C(=O)c1nc2ccccc2[nH]1)[C@@H]1C=C(NCc2cc3ccccn3c2)CCC1. The number of benzene rings is 1. The van der Waals surface area contributed by atoms with Crippen LogP contribution in [-0.2, 0) is 6.54 Å². The van der Waals surface area contributed by atoms with Gasteiger partial charge in [0.1, 0.15) is 0 Å². The van der Waals surface area contributed by atoms with Crippen molar-refractivity contribution < 1.29 is 4.79 Å². The molecule has 6 nitrogen and oxygen atoms in total. The number of hydrogen-bond acceptors (Lipinski definition) is 3. The number of allylic oxidation sites excluding steroid dienone is 1. The predicted octanol–water partition coefficient (Wildman–Crippen LogP) is 4.50. The Morgan fingerprint density at radius 2 is 2.13 bits per heavy atom. The average Bonchev–Trinajstić information content (AvgIpc) is 3.42. The number of aromatic nitrogens is 3. The molecule has 1 aromatic carbocycles. The minimum atomic E-state index is -0.0418. The van der Waals surface area contributed by atoms with Gasteiger partial charge in [-0.2, -0.15) is 0 Å². The number of aromatic amines is 1. The molecule has 3 heterocycles. The number of nitrogens with one attached hydrogen (secondary N) is 2. The number of para-hydroxylation sites is 2. The number of rotatable bonds is 6. The van der Waals surface area contributed by atoms with E-state index in [9.17, 15) is 4.79 Å². The van der Waals surface area contributed by atoms with Crippen molar-refractivity contribution in [2.24, 2.45) is 0 Å². The maximum Gasteiger partial charge on any atom is 0.290 e. The lowest BCUT2D eigenvalue weighted by Crippen LogP contribution is -2.41. The van der Waals surface area contributed by atoms with Crippen molar-refractivity contribution in [3.05, 3.63) is 84.1 Å². The number of carbonyl (C=O) groups is 1. The standard InChI is InChI=1S/C25H27N5O/c1-2-30(25(31)24-27-22-11-3-4-12-23(22)28-24)21-10-7-8-19(15-21)26-16-18-14-20-9-5-6-13-29(20)17-18/h3-6,9,11-15,17,21,26H,2,7-8,10,16H2,1H3,(H,27,28)/t21-/m0/s1. The van der Waals surface area contributed by atoms with Crippen molar-refractivity contribution in [1.29, 1.82) is 0 Å². The average molecular weight is 414 g/mol.